The molecule has 0 saturated carbocycles. The number of phenols is 3. The van der Waals surface area contributed by atoms with Crippen LogP contribution in [0.2, 0.25) is 0 Å². The van der Waals surface area contributed by atoms with Crippen LogP contribution in [0.25, 0.3) is 0 Å². The zero-order chi connectivity index (χ0) is 23.2. The van der Waals surface area contributed by atoms with Crippen molar-refractivity contribution in [2.75, 3.05) is 6.61 Å². The first kappa shape index (κ1) is 22.1. The molecule has 0 radical (unpaired) electrons. The number of hydrogen-bond donors (Lipinski definition) is 7. The molecular weight excluding hydrogens is 428 g/mol. The number of aromatic hydroxyl groups is 3. The Labute approximate surface area is 181 Å². The summed E-state index contributed by atoms with van der Waals surface area (Å²) in [7, 11) is 0. The maximum absolute atomic E-state index is 12.6. The van der Waals surface area contributed by atoms with Crippen LogP contribution >= 0.6 is 0 Å². The van der Waals surface area contributed by atoms with Gasteiger partial charge in [-0.05, 0) is 17.7 Å². The lowest BCUT2D eigenvalue weighted by atomic mass is 9.95. The van der Waals surface area contributed by atoms with Crippen LogP contribution in [0.5, 0.6) is 28.7 Å². The molecule has 0 amide bonds. The number of carbonyl (C=O) groups is 1. The summed E-state index contributed by atoms with van der Waals surface area (Å²) in [6.07, 6.45) is -8.50. The lowest BCUT2D eigenvalue weighted by Gasteiger charge is -2.39. The highest BCUT2D eigenvalue weighted by Gasteiger charge is 2.45. The van der Waals surface area contributed by atoms with Crippen molar-refractivity contribution < 1.29 is 54.8 Å². The Morgan fingerprint density at radius 1 is 0.938 bits per heavy atom. The molecule has 4 rings (SSSR count). The zero-order valence-corrected chi connectivity index (χ0v) is 16.5. The van der Waals surface area contributed by atoms with Crippen LogP contribution < -0.4 is 9.47 Å². The van der Waals surface area contributed by atoms with Crippen molar-refractivity contribution in [2.24, 2.45) is 0 Å². The summed E-state index contributed by atoms with van der Waals surface area (Å²) in [6, 6.07) is 6.37. The van der Waals surface area contributed by atoms with E-state index in [1.807, 2.05) is 0 Å². The Morgan fingerprint density at radius 3 is 2.38 bits per heavy atom. The van der Waals surface area contributed by atoms with E-state index >= 15 is 0 Å². The molecule has 11 heteroatoms. The molecule has 7 N–H and O–H groups in total. The van der Waals surface area contributed by atoms with Gasteiger partial charge in [0.15, 0.2) is 17.3 Å². The van der Waals surface area contributed by atoms with Crippen LogP contribution in [0, 0.1) is 0 Å². The van der Waals surface area contributed by atoms with E-state index < -0.39 is 54.9 Å². The van der Waals surface area contributed by atoms with Gasteiger partial charge in [0, 0.05) is 12.1 Å². The quantitative estimate of drug-likeness (QED) is 0.303. The molecule has 0 bridgehead atoms. The fraction of sp³-hybridized carbons (Fsp3) is 0.381. The predicted octanol–water partition coefficient (Wildman–Crippen LogP) is -0.311. The highest BCUT2D eigenvalue weighted by atomic mass is 16.7. The smallest absolute Gasteiger partial charge is 0.229 e. The summed E-state index contributed by atoms with van der Waals surface area (Å²) < 4.78 is 16.6. The number of phenolic OH excluding ortho intramolecular Hbond substituents is 3. The Hall–Kier alpha value is -3.09. The molecule has 0 spiro atoms. The third-order valence-electron chi connectivity index (χ3n) is 5.45. The molecule has 0 aliphatic carbocycles. The molecule has 32 heavy (non-hydrogen) atoms. The van der Waals surface area contributed by atoms with Crippen LogP contribution in [-0.4, -0.2) is 78.8 Å². The Balaban J connectivity index is 1.60. The molecule has 2 aliphatic rings. The van der Waals surface area contributed by atoms with Gasteiger partial charge in [0.1, 0.15) is 53.3 Å². The Morgan fingerprint density at radius 2 is 1.69 bits per heavy atom. The van der Waals surface area contributed by atoms with Gasteiger partial charge in [0.2, 0.25) is 6.29 Å². The maximum Gasteiger partial charge on any atom is 0.229 e. The minimum atomic E-state index is -1.67. The maximum atomic E-state index is 12.6. The number of hydrogen-bond acceptors (Lipinski definition) is 11. The van der Waals surface area contributed by atoms with Gasteiger partial charge in [-0.25, -0.2) is 0 Å². The normalized spacial score (nSPS) is 29.8. The van der Waals surface area contributed by atoms with Gasteiger partial charge in [0.25, 0.3) is 0 Å². The summed E-state index contributed by atoms with van der Waals surface area (Å²) >= 11 is 0. The van der Waals surface area contributed by atoms with Crippen molar-refractivity contribution in [3.8, 4) is 28.7 Å². The number of fused-ring (bicyclic) bond motifs is 1. The summed E-state index contributed by atoms with van der Waals surface area (Å²) in [5, 5.41) is 68.8. The first-order valence-corrected chi connectivity index (χ1v) is 9.75. The molecule has 6 atom stereocenters. The molecule has 0 aromatic heterocycles. The minimum absolute atomic E-state index is 0.0293. The molecule has 172 valence electrons. The Kier molecular flexibility index (Phi) is 5.84. The first-order chi connectivity index (χ1) is 15.2. The van der Waals surface area contributed by atoms with E-state index in [1.54, 1.807) is 0 Å². The average molecular weight is 450 g/mol. The van der Waals surface area contributed by atoms with Crippen molar-refractivity contribution in [3.63, 3.8) is 0 Å². The molecule has 11 nitrogen and oxygen atoms in total. The summed E-state index contributed by atoms with van der Waals surface area (Å²) in [6.45, 7) is -0.640. The SMILES string of the molecule is O=C1C[C@H](c2ccc(O)c(O)c2)Oc2cc(O[C@H]3O[C@H](CO)[C@@H](O)[C@H](O)[C@H]3O)cc(O)c21. The fourth-order valence-corrected chi connectivity index (χ4v) is 3.71. The lowest BCUT2D eigenvalue weighted by Crippen LogP contribution is -2.60. The van der Waals surface area contributed by atoms with Crippen molar-refractivity contribution in [1.82, 2.24) is 0 Å². The number of carbonyl (C=O) groups excluding carboxylic acids is 1. The summed E-state index contributed by atoms with van der Waals surface area (Å²) in [5.41, 5.74) is 0.337. The minimum Gasteiger partial charge on any atom is -0.507 e. The molecular formula is C21H22O11. The highest BCUT2D eigenvalue weighted by molar-refractivity contribution is 6.02. The third kappa shape index (κ3) is 3.92. The van der Waals surface area contributed by atoms with E-state index in [1.165, 1.54) is 24.3 Å². The van der Waals surface area contributed by atoms with Crippen LogP contribution in [-0.2, 0) is 4.74 Å². The number of rotatable bonds is 4. The number of ketones is 1. The topological polar surface area (TPSA) is 186 Å². The van der Waals surface area contributed by atoms with Gasteiger partial charge in [-0.1, -0.05) is 6.07 Å². The fourth-order valence-electron chi connectivity index (χ4n) is 3.71. The second-order valence-electron chi connectivity index (χ2n) is 7.61. The number of benzene rings is 2. The molecule has 1 saturated heterocycles. The summed E-state index contributed by atoms with van der Waals surface area (Å²) in [4.78, 5) is 12.6. The molecule has 2 aromatic rings. The second kappa shape index (κ2) is 8.45. The van der Waals surface area contributed by atoms with E-state index in [2.05, 4.69) is 0 Å². The standard InChI is InChI=1S/C21H22O11/c22-7-16-18(27)19(28)20(29)21(32-16)30-9-4-12(25)17-13(26)6-14(31-15(17)5-9)8-1-2-10(23)11(24)3-8/h1-5,14,16,18-25,27-29H,6-7H2/t14-,16-,18-,19+,20-,21+/m1/s1. The average Bonchev–Trinajstić information content (AvgIpc) is 2.75. The number of aliphatic hydroxyl groups excluding tert-OH is 4. The van der Waals surface area contributed by atoms with E-state index in [0.29, 0.717) is 5.56 Å². The van der Waals surface area contributed by atoms with Crippen LogP contribution in [0.1, 0.15) is 28.4 Å². The van der Waals surface area contributed by atoms with Crippen molar-refractivity contribution in [2.45, 2.75) is 43.2 Å². The van der Waals surface area contributed by atoms with Gasteiger partial charge < -0.3 is 50.0 Å². The molecule has 2 heterocycles. The Bertz CT molecular complexity index is 1020. The lowest BCUT2D eigenvalue weighted by molar-refractivity contribution is -0.277. The van der Waals surface area contributed by atoms with Crippen molar-refractivity contribution in [1.29, 1.82) is 0 Å². The molecule has 2 aliphatic heterocycles. The number of aliphatic hydroxyl groups is 4. The largest absolute Gasteiger partial charge is 0.507 e. The van der Waals surface area contributed by atoms with E-state index in [4.69, 9.17) is 14.2 Å². The molecule has 1 fully saturated rings. The van der Waals surface area contributed by atoms with E-state index in [9.17, 15) is 40.5 Å². The van der Waals surface area contributed by atoms with Gasteiger partial charge >= 0.3 is 0 Å². The first-order valence-electron chi connectivity index (χ1n) is 9.75. The van der Waals surface area contributed by atoms with Crippen molar-refractivity contribution in [3.05, 3.63) is 41.5 Å². The summed E-state index contributed by atoms with van der Waals surface area (Å²) in [5.74, 6) is -1.69. The molecule has 2 aromatic carbocycles. The van der Waals surface area contributed by atoms with Crippen LogP contribution in [0.3, 0.4) is 0 Å². The monoisotopic (exact) mass is 450 g/mol. The van der Waals surface area contributed by atoms with E-state index in [0.717, 1.165) is 6.07 Å². The van der Waals surface area contributed by atoms with Crippen LogP contribution in [0.15, 0.2) is 30.3 Å². The number of ether oxygens (including phenoxy) is 3. The number of Topliss-reactive ketones (excluding diaryl/α,β-unsaturated/α-hetero) is 1. The van der Waals surface area contributed by atoms with Gasteiger partial charge in [0.05, 0.1) is 13.0 Å². The van der Waals surface area contributed by atoms with Gasteiger partial charge in [-0.15, -0.1) is 0 Å². The van der Waals surface area contributed by atoms with Crippen molar-refractivity contribution >= 4 is 5.78 Å². The zero-order valence-electron chi connectivity index (χ0n) is 16.5. The molecule has 0 unspecified atom stereocenters. The van der Waals surface area contributed by atoms with Crippen LogP contribution in [0.4, 0.5) is 0 Å². The second-order valence-corrected chi connectivity index (χ2v) is 7.61. The highest BCUT2D eigenvalue weighted by Crippen LogP contribution is 2.43. The predicted molar refractivity (Wildman–Crippen MR) is 105 cm³/mol. The van der Waals surface area contributed by atoms with E-state index in [-0.39, 0.29) is 35.0 Å². The third-order valence-corrected chi connectivity index (χ3v) is 5.45. The van der Waals surface area contributed by atoms with Gasteiger partial charge in [-0.2, -0.15) is 0 Å². The van der Waals surface area contributed by atoms with Gasteiger partial charge in [-0.3, -0.25) is 4.79 Å².